The van der Waals surface area contributed by atoms with E-state index in [1.165, 1.54) is 10.5 Å². The highest BCUT2D eigenvalue weighted by Gasteiger charge is 2.16. The van der Waals surface area contributed by atoms with Crippen LogP contribution in [0.4, 0.5) is 0 Å². The van der Waals surface area contributed by atoms with Gasteiger partial charge in [0, 0.05) is 7.05 Å². The Bertz CT molecular complexity index is 394. The largest absolute Gasteiger partial charge is 0.333 e. The third-order valence-electron chi connectivity index (χ3n) is 2.61. The number of carbonyl (C=O) groups is 1. The van der Waals surface area contributed by atoms with Gasteiger partial charge in [-0.3, -0.25) is 4.79 Å². The normalized spacial score (nSPS) is 11.6. The SMILES string of the molecule is C#CCN(C)C(=O)C(N)CCc1ccccc1. The van der Waals surface area contributed by atoms with Crippen molar-refractivity contribution in [3.05, 3.63) is 35.9 Å². The first kappa shape index (κ1) is 13.3. The molecule has 0 aromatic heterocycles. The maximum atomic E-state index is 11.8. The molecule has 3 heteroatoms. The zero-order chi connectivity index (χ0) is 12.7. The van der Waals surface area contributed by atoms with Gasteiger partial charge in [-0.2, -0.15) is 0 Å². The average molecular weight is 230 g/mol. The van der Waals surface area contributed by atoms with Gasteiger partial charge in [0.25, 0.3) is 0 Å². The molecule has 0 saturated heterocycles. The molecule has 0 saturated carbocycles. The molecule has 0 spiro atoms. The molecule has 2 N–H and O–H groups in total. The standard InChI is InChI=1S/C14H18N2O/c1-3-11-16(2)14(17)13(15)10-9-12-7-5-4-6-8-12/h1,4-8,13H,9-11,15H2,2H3. The van der Waals surface area contributed by atoms with Crippen molar-refractivity contribution in [3.63, 3.8) is 0 Å². The first-order valence-electron chi connectivity index (χ1n) is 5.63. The van der Waals surface area contributed by atoms with E-state index in [0.717, 1.165) is 6.42 Å². The van der Waals surface area contributed by atoms with Crippen molar-refractivity contribution in [1.29, 1.82) is 0 Å². The Hall–Kier alpha value is -1.79. The molecule has 17 heavy (non-hydrogen) atoms. The number of hydrogen-bond acceptors (Lipinski definition) is 2. The Balaban J connectivity index is 2.42. The van der Waals surface area contributed by atoms with Gasteiger partial charge in [0.05, 0.1) is 12.6 Å². The van der Waals surface area contributed by atoms with Gasteiger partial charge in [0.2, 0.25) is 5.91 Å². The fourth-order valence-corrected chi connectivity index (χ4v) is 1.59. The van der Waals surface area contributed by atoms with Crippen LogP contribution in [0, 0.1) is 12.3 Å². The first-order chi connectivity index (χ1) is 8.15. The minimum Gasteiger partial charge on any atom is -0.333 e. The molecule has 3 nitrogen and oxygen atoms in total. The van der Waals surface area contributed by atoms with E-state index in [4.69, 9.17) is 12.2 Å². The van der Waals surface area contributed by atoms with Gasteiger partial charge in [-0.05, 0) is 18.4 Å². The molecular weight excluding hydrogens is 212 g/mol. The Labute approximate surface area is 103 Å². The molecule has 1 aromatic carbocycles. The topological polar surface area (TPSA) is 46.3 Å². The molecule has 1 unspecified atom stereocenters. The summed E-state index contributed by atoms with van der Waals surface area (Å²) in [4.78, 5) is 13.2. The summed E-state index contributed by atoms with van der Waals surface area (Å²) in [6, 6.07) is 9.51. The van der Waals surface area contributed by atoms with Crippen molar-refractivity contribution in [2.45, 2.75) is 18.9 Å². The summed E-state index contributed by atoms with van der Waals surface area (Å²) < 4.78 is 0. The summed E-state index contributed by atoms with van der Waals surface area (Å²) in [5, 5.41) is 0. The first-order valence-corrected chi connectivity index (χ1v) is 5.63. The van der Waals surface area contributed by atoms with Crippen molar-refractivity contribution in [3.8, 4) is 12.3 Å². The number of likely N-dealkylation sites (N-methyl/N-ethyl adjacent to an activating group) is 1. The second-order valence-electron chi connectivity index (χ2n) is 4.03. The van der Waals surface area contributed by atoms with E-state index in [0.29, 0.717) is 13.0 Å². The molecule has 0 aliphatic rings. The quantitative estimate of drug-likeness (QED) is 0.768. The van der Waals surface area contributed by atoms with Crippen molar-refractivity contribution in [2.75, 3.05) is 13.6 Å². The summed E-state index contributed by atoms with van der Waals surface area (Å²) in [7, 11) is 1.67. The summed E-state index contributed by atoms with van der Waals surface area (Å²) in [5.41, 5.74) is 7.03. The van der Waals surface area contributed by atoms with Crippen LogP contribution in [0.15, 0.2) is 30.3 Å². The number of carbonyl (C=O) groups excluding carboxylic acids is 1. The highest BCUT2D eigenvalue weighted by atomic mass is 16.2. The molecule has 0 aliphatic heterocycles. The lowest BCUT2D eigenvalue weighted by Gasteiger charge is -2.18. The lowest BCUT2D eigenvalue weighted by Crippen LogP contribution is -2.42. The number of benzene rings is 1. The monoisotopic (exact) mass is 230 g/mol. The van der Waals surface area contributed by atoms with Gasteiger partial charge in [0.1, 0.15) is 0 Å². The maximum Gasteiger partial charge on any atom is 0.240 e. The van der Waals surface area contributed by atoms with E-state index in [2.05, 4.69) is 5.92 Å². The summed E-state index contributed by atoms with van der Waals surface area (Å²) in [6.45, 7) is 0.303. The van der Waals surface area contributed by atoms with E-state index in [1.807, 2.05) is 30.3 Å². The Morgan fingerprint density at radius 3 is 2.71 bits per heavy atom. The Morgan fingerprint density at radius 2 is 2.12 bits per heavy atom. The smallest absolute Gasteiger partial charge is 0.240 e. The van der Waals surface area contributed by atoms with Gasteiger partial charge < -0.3 is 10.6 Å². The van der Waals surface area contributed by atoms with Crippen molar-refractivity contribution < 1.29 is 4.79 Å². The molecule has 0 aliphatic carbocycles. The van der Waals surface area contributed by atoms with E-state index >= 15 is 0 Å². The van der Waals surface area contributed by atoms with E-state index in [9.17, 15) is 4.79 Å². The van der Waals surface area contributed by atoms with E-state index in [1.54, 1.807) is 7.05 Å². The number of aryl methyl sites for hydroxylation is 1. The van der Waals surface area contributed by atoms with Crippen molar-refractivity contribution in [1.82, 2.24) is 4.90 Å². The van der Waals surface area contributed by atoms with E-state index < -0.39 is 6.04 Å². The predicted molar refractivity (Wildman–Crippen MR) is 69.2 cm³/mol. The second-order valence-corrected chi connectivity index (χ2v) is 4.03. The number of terminal acetylenes is 1. The molecule has 1 atom stereocenters. The predicted octanol–water partition coefficient (Wildman–Crippen LogP) is 1.04. The van der Waals surface area contributed by atoms with Gasteiger partial charge in [0.15, 0.2) is 0 Å². The van der Waals surface area contributed by atoms with Crippen LogP contribution in [0.1, 0.15) is 12.0 Å². The number of nitrogens with two attached hydrogens (primary N) is 1. The Morgan fingerprint density at radius 1 is 1.47 bits per heavy atom. The highest BCUT2D eigenvalue weighted by Crippen LogP contribution is 2.05. The van der Waals surface area contributed by atoms with Crippen LogP contribution in [0.5, 0.6) is 0 Å². The van der Waals surface area contributed by atoms with Gasteiger partial charge in [-0.1, -0.05) is 36.3 Å². The minimum atomic E-state index is -0.478. The molecule has 0 bridgehead atoms. The van der Waals surface area contributed by atoms with Crippen LogP contribution in [0.25, 0.3) is 0 Å². The highest BCUT2D eigenvalue weighted by molar-refractivity contribution is 5.81. The molecule has 1 rings (SSSR count). The lowest BCUT2D eigenvalue weighted by atomic mass is 10.1. The zero-order valence-corrected chi connectivity index (χ0v) is 10.1. The van der Waals surface area contributed by atoms with Crippen molar-refractivity contribution >= 4 is 5.91 Å². The third kappa shape index (κ3) is 4.29. The van der Waals surface area contributed by atoms with Gasteiger partial charge in [-0.25, -0.2) is 0 Å². The summed E-state index contributed by atoms with van der Waals surface area (Å²) in [5.74, 6) is 2.33. The molecule has 0 radical (unpaired) electrons. The fourth-order valence-electron chi connectivity index (χ4n) is 1.59. The van der Waals surface area contributed by atoms with Crippen LogP contribution in [0.2, 0.25) is 0 Å². The summed E-state index contributed by atoms with van der Waals surface area (Å²) in [6.07, 6.45) is 6.59. The lowest BCUT2D eigenvalue weighted by molar-refractivity contribution is -0.130. The number of amides is 1. The minimum absolute atomic E-state index is 0.0983. The van der Waals surface area contributed by atoms with E-state index in [-0.39, 0.29) is 5.91 Å². The van der Waals surface area contributed by atoms with Gasteiger partial charge >= 0.3 is 0 Å². The average Bonchev–Trinajstić information content (AvgIpc) is 2.36. The molecule has 1 amide bonds. The maximum absolute atomic E-state index is 11.8. The summed E-state index contributed by atoms with van der Waals surface area (Å²) >= 11 is 0. The van der Waals surface area contributed by atoms with Crippen molar-refractivity contribution in [2.24, 2.45) is 5.73 Å². The van der Waals surface area contributed by atoms with Crippen LogP contribution in [-0.4, -0.2) is 30.4 Å². The molecular formula is C14H18N2O. The third-order valence-corrected chi connectivity index (χ3v) is 2.61. The molecule has 90 valence electrons. The van der Waals surface area contributed by atoms with Crippen LogP contribution in [-0.2, 0) is 11.2 Å². The molecule has 0 fully saturated rings. The van der Waals surface area contributed by atoms with Crippen LogP contribution in [0.3, 0.4) is 0 Å². The number of rotatable bonds is 5. The van der Waals surface area contributed by atoms with Gasteiger partial charge in [-0.15, -0.1) is 6.42 Å². The van der Waals surface area contributed by atoms with Crippen LogP contribution >= 0.6 is 0 Å². The number of hydrogen-bond donors (Lipinski definition) is 1. The van der Waals surface area contributed by atoms with Crippen LogP contribution < -0.4 is 5.73 Å². The zero-order valence-electron chi connectivity index (χ0n) is 10.1. The fraction of sp³-hybridized carbons (Fsp3) is 0.357. The molecule has 0 heterocycles. The Kier molecular flexibility index (Phi) is 5.25. The number of nitrogens with zero attached hydrogens (tertiary/aromatic N) is 1. The molecule has 1 aromatic rings. The second kappa shape index (κ2) is 6.72.